The van der Waals surface area contributed by atoms with Gasteiger partial charge in [0, 0.05) is 18.9 Å². The van der Waals surface area contributed by atoms with Crippen molar-refractivity contribution in [1.82, 2.24) is 0 Å². The standard InChI is InChI=1S/C13H16BNO5/c1-8(16)17-6-9-7-18-11-4-2-3-10-12(5-15)20-14(19-9)13(10)11/h2-4,9,12H,5-7,15H2,1H3/t9-,12-/m1/s1. The maximum Gasteiger partial charge on any atom is 0.499 e. The van der Waals surface area contributed by atoms with E-state index in [1.807, 2.05) is 18.2 Å². The monoisotopic (exact) mass is 277 g/mol. The third kappa shape index (κ3) is 2.39. The van der Waals surface area contributed by atoms with Gasteiger partial charge in [0.05, 0.1) is 6.10 Å². The molecule has 0 unspecified atom stereocenters. The van der Waals surface area contributed by atoms with Gasteiger partial charge in [0.1, 0.15) is 25.1 Å². The minimum Gasteiger partial charge on any atom is -0.491 e. The number of rotatable bonds is 3. The van der Waals surface area contributed by atoms with Gasteiger partial charge < -0.3 is 24.5 Å². The van der Waals surface area contributed by atoms with Crippen LogP contribution in [0.15, 0.2) is 18.2 Å². The first-order chi connectivity index (χ1) is 9.69. The first-order valence-corrected chi connectivity index (χ1v) is 6.59. The molecule has 0 aliphatic carbocycles. The van der Waals surface area contributed by atoms with E-state index in [1.54, 1.807) is 0 Å². The van der Waals surface area contributed by atoms with Crippen molar-refractivity contribution in [3.05, 3.63) is 23.8 Å². The average Bonchev–Trinajstić information content (AvgIpc) is 2.69. The van der Waals surface area contributed by atoms with Gasteiger partial charge in [-0.2, -0.15) is 0 Å². The number of hydrogen-bond donors (Lipinski definition) is 1. The summed E-state index contributed by atoms with van der Waals surface area (Å²) in [6.07, 6.45) is -0.549. The van der Waals surface area contributed by atoms with E-state index in [9.17, 15) is 4.79 Å². The fourth-order valence-electron chi connectivity index (χ4n) is 2.49. The Hall–Kier alpha value is -1.57. The van der Waals surface area contributed by atoms with Crippen LogP contribution in [0, 0.1) is 0 Å². The maximum absolute atomic E-state index is 10.9. The lowest BCUT2D eigenvalue weighted by atomic mass is 9.77. The summed E-state index contributed by atoms with van der Waals surface area (Å²) >= 11 is 0. The maximum atomic E-state index is 10.9. The minimum absolute atomic E-state index is 0.145. The lowest BCUT2D eigenvalue weighted by Crippen LogP contribution is -2.37. The van der Waals surface area contributed by atoms with Gasteiger partial charge in [0.2, 0.25) is 0 Å². The molecule has 106 valence electrons. The molecule has 2 aliphatic heterocycles. The van der Waals surface area contributed by atoms with Crippen LogP contribution in [0.25, 0.3) is 0 Å². The molecule has 20 heavy (non-hydrogen) atoms. The summed E-state index contributed by atoms with van der Waals surface area (Å²) < 4.78 is 22.4. The second kappa shape index (κ2) is 5.44. The van der Waals surface area contributed by atoms with Crippen LogP contribution in [0.3, 0.4) is 0 Å². The number of benzene rings is 1. The highest BCUT2D eigenvalue weighted by molar-refractivity contribution is 6.64. The van der Waals surface area contributed by atoms with Gasteiger partial charge in [-0.3, -0.25) is 4.79 Å². The fraction of sp³-hybridized carbons (Fsp3) is 0.462. The Morgan fingerprint density at radius 2 is 2.35 bits per heavy atom. The van der Waals surface area contributed by atoms with E-state index in [4.69, 9.17) is 24.5 Å². The van der Waals surface area contributed by atoms with E-state index in [0.29, 0.717) is 13.2 Å². The van der Waals surface area contributed by atoms with Crippen LogP contribution in [-0.2, 0) is 18.8 Å². The van der Waals surface area contributed by atoms with Crippen LogP contribution in [0.5, 0.6) is 5.75 Å². The van der Waals surface area contributed by atoms with Crippen molar-refractivity contribution in [2.75, 3.05) is 19.8 Å². The second-order valence-electron chi connectivity index (χ2n) is 4.82. The van der Waals surface area contributed by atoms with Crippen LogP contribution in [-0.4, -0.2) is 39.0 Å². The van der Waals surface area contributed by atoms with E-state index in [1.165, 1.54) is 6.92 Å². The van der Waals surface area contributed by atoms with Crippen molar-refractivity contribution in [2.24, 2.45) is 5.73 Å². The summed E-state index contributed by atoms with van der Waals surface area (Å²) in [6, 6.07) is 5.76. The van der Waals surface area contributed by atoms with E-state index in [0.717, 1.165) is 16.8 Å². The molecule has 2 aliphatic rings. The third-order valence-corrected chi connectivity index (χ3v) is 3.40. The average molecular weight is 277 g/mol. The molecule has 0 amide bonds. The van der Waals surface area contributed by atoms with Crippen LogP contribution < -0.4 is 15.9 Å². The van der Waals surface area contributed by atoms with Gasteiger partial charge >= 0.3 is 13.1 Å². The van der Waals surface area contributed by atoms with Crippen molar-refractivity contribution in [3.63, 3.8) is 0 Å². The van der Waals surface area contributed by atoms with Crippen molar-refractivity contribution in [2.45, 2.75) is 19.1 Å². The van der Waals surface area contributed by atoms with Gasteiger partial charge in [-0.05, 0) is 11.6 Å². The Morgan fingerprint density at radius 1 is 1.50 bits per heavy atom. The highest BCUT2D eigenvalue weighted by atomic mass is 16.6. The molecule has 0 fully saturated rings. The molecular weight excluding hydrogens is 261 g/mol. The Bertz CT molecular complexity index is 523. The zero-order valence-electron chi connectivity index (χ0n) is 11.2. The zero-order chi connectivity index (χ0) is 14.1. The highest BCUT2D eigenvalue weighted by Gasteiger charge is 2.43. The quantitative estimate of drug-likeness (QED) is 0.606. The normalized spacial score (nSPS) is 23.8. The van der Waals surface area contributed by atoms with Gasteiger partial charge in [0.15, 0.2) is 0 Å². The smallest absolute Gasteiger partial charge is 0.491 e. The molecule has 0 saturated carbocycles. The molecule has 2 atom stereocenters. The summed E-state index contributed by atoms with van der Waals surface area (Å²) in [5.74, 6) is 0.400. The highest BCUT2D eigenvalue weighted by Crippen LogP contribution is 2.30. The number of hydrogen-bond acceptors (Lipinski definition) is 6. The van der Waals surface area contributed by atoms with Crippen LogP contribution in [0.2, 0.25) is 0 Å². The summed E-state index contributed by atoms with van der Waals surface area (Å²) in [4.78, 5) is 10.9. The summed E-state index contributed by atoms with van der Waals surface area (Å²) in [5.41, 5.74) is 7.62. The Labute approximate surface area is 117 Å². The fourth-order valence-corrected chi connectivity index (χ4v) is 2.49. The molecule has 2 heterocycles. The van der Waals surface area contributed by atoms with Gasteiger partial charge in [0.25, 0.3) is 0 Å². The van der Waals surface area contributed by atoms with E-state index < -0.39 is 7.12 Å². The molecule has 0 spiro atoms. The van der Waals surface area contributed by atoms with Gasteiger partial charge in [-0.1, -0.05) is 12.1 Å². The van der Waals surface area contributed by atoms with E-state index in [-0.39, 0.29) is 24.8 Å². The zero-order valence-corrected chi connectivity index (χ0v) is 11.2. The second-order valence-corrected chi connectivity index (χ2v) is 4.82. The lowest BCUT2D eigenvalue weighted by molar-refractivity contribution is -0.144. The van der Waals surface area contributed by atoms with E-state index >= 15 is 0 Å². The third-order valence-electron chi connectivity index (χ3n) is 3.40. The summed E-state index contributed by atoms with van der Waals surface area (Å²) in [7, 11) is -0.516. The number of esters is 1. The van der Waals surface area contributed by atoms with Crippen molar-refractivity contribution in [3.8, 4) is 5.75 Å². The molecule has 0 saturated heterocycles. The Morgan fingerprint density at radius 3 is 3.10 bits per heavy atom. The molecular formula is C13H16BNO5. The van der Waals surface area contributed by atoms with Crippen molar-refractivity contribution < 1.29 is 23.6 Å². The van der Waals surface area contributed by atoms with Crippen molar-refractivity contribution >= 4 is 18.6 Å². The predicted octanol–water partition coefficient (Wildman–Crippen LogP) is -0.247. The molecule has 3 rings (SSSR count). The number of ether oxygens (including phenoxy) is 2. The summed E-state index contributed by atoms with van der Waals surface area (Å²) in [5, 5.41) is 0. The molecule has 0 bridgehead atoms. The molecule has 0 radical (unpaired) electrons. The Kier molecular flexibility index (Phi) is 3.65. The van der Waals surface area contributed by atoms with E-state index in [2.05, 4.69) is 0 Å². The van der Waals surface area contributed by atoms with Gasteiger partial charge in [-0.15, -0.1) is 0 Å². The molecule has 7 heteroatoms. The topological polar surface area (TPSA) is 80.0 Å². The number of nitrogens with two attached hydrogens (primary N) is 1. The first-order valence-electron chi connectivity index (χ1n) is 6.59. The first kappa shape index (κ1) is 13.4. The number of carbonyl (C=O) groups excluding carboxylic acids is 1. The molecule has 1 aromatic rings. The van der Waals surface area contributed by atoms with Crippen LogP contribution in [0.4, 0.5) is 0 Å². The SMILES string of the molecule is CC(=O)OC[C@@H]1COc2cccc3c2B(O1)O[C@@H]3CN. The van der Waals surface area contributed by atoms with Gasteiger partial charge in [-0.25, -0.2) is 0 Å². The molecule has 0 aromatic heterocycles. The van der Waals surface area contributed by atoms with Crippen LogP contribution in [0.1, 0.15) is 18.6 Å². The molecule has 2 N–H and O–H groups in total. The summed E-state index contributed by atoms with van der Waals surface area (Å²) in [6.45, 7) is 2.20. The largest absolute Gasteiger partial charge is 0.499 e. The van der Waals surface area contributed by atoms with Crippen molar-refractivity contribution in [1.29, 1.82) is 0 Å². The minimum atomic E-state index is -0.516. The molecule has 1 aromatic carbocycles. The lowest BCUT2D eigenvalue weighted by Gasteiger charge is -2.18. The predicted molar refractivity (Wildman–Crippen MR) is 71.7 cm³/mol. The molecule has 6 nitrogen and oxygen atoms in total. The Balaban J connectivity index is 1.82. The van der Waals surface area contributed by atoms with Crippen LogP contribution >= 0.6 is 0 Å². The number of carbonyl (C=O) groups is 1.